The molecule has 1 aromatic heterocycles. The highest BCUT2D eigenvalue weighted by atomic mass is 16.4. The molecule has 1 aliphatic heterocycles. The molecule has 2 heterocycles. The van der Waals surface area contributed by atoms with Gasteiger partial charge < -0.3 is 20.2 Å². The van der Waals surface area contributed by atoms with Gasteiger partial charge in [0.2, 0.25) is 0 Å². The van der Waals surface area contributed by atoms with Gasteiger partial charge in [0.1, 0.15) is 5.76 Å². The third-order valence-corrected chi connectivity index (χ3v) is 5.28. The van der Waals surface area contributed by atoms with Crippen molar-refractivity contribution in [3.63, 3.8) is 0 Å². The van der Waals surface area contributed by atoms with Crippen LogP contribution in [0.4, 0.5) is 4.79 Å². The number of benzene rings is 1. The number of carboxylic acids is 1. The average Bonchev–Trinajstić information content (AvgIpc) is 3.42. The van der Waals surface area contributed by atoms with E-state index in [-0.39, 0.29) is 24.5 Å². The molecule has 0 bridgehead atoms. The van der Waals surface area contributed by atoms with Gasteiger partial charge in [0.15, 0.2) is 0 Å². The van der Waals surface area contributed by atoms with E-state index in [1.165, 1.54) is 0 Å². The molecule has 1 aliphatic rings. The number of carboxylic acid groups (broad SMARTS) is 1. The van der Waals surface area contributed by atoms with Crippen molar-refractivity contribution in [1.82, 2.24) is 15.5 Å². The number of carbonyl (C=O) groups excluding carboxylic acids is 1. The molecule has 0 radical (unpaired) electrons. The number of rotatable bonds is 10. The van der Waals surface area contributed by atoms with E-state index < -0.39 is 5.97 Å². The zero-order valence-corrected chi connectivity index (χ0v) is 16.5. The molecule has 1 fully saturated rings. The van der Waals surface area contributed by atoms with Crippen molar-refractivity contribution in [2.24, 2.45) is 0 Å². The minimum absolute atomic E-state index is 0.00448. The lowest BCUT2D eigenvalue weighted by molar-refractivity contribution is -0.137. The molecule has 2 unspecified atom stereocenters. The Bertz CT molecular complexity index is 758. The number of hydrogen-bond donors (Lipinski definition) is 3. The largest absolute Gasteiger partial charge is 0.481 e. The number of carbonyl (C=O) groups is 2. The molecular weight excluding hydrogens is 370 g/mol. The molecule has 1 aromatic carbocycles. The number of amides is 2. The highest BCUT2D eigenvalue weighted by molar-refractivity contribution is 5.74. The van der Waals surface area contributed by atoms with E-state index in [1.54, 1.807) is 6.26 Å². The summed E-state index contributed by atoms with van der Waals surface area (Å²) in [7, 11) is 0. The molecule has 1 saturated heterocycles. The number of nitrogens with zero attached hydrogens (tertiary/aromatic N) is 1. The molecular formula is C22H29N3O4. The van der Waals surface area contributed by atoms with E-state index in [0.29, 0.717) is 19.4 Å². The summed E-state index contributed by atoms with van der Waals surface area (Å²) in [5.74, 6) is -0.0175. The van der Waals surface area contributed by atoms with E-state index in [4.69, 9.17) is 9.52 Å². The number of hydrogen-bond acceptors (Lipinski definition) is 4. The molecule has 0 saturated carbocycles. The quantitative estimate of drug-likeness (QED) is 0.570. The van der Waals surface area contributed by atoms with Crippen molar-refractivity contribution in [2.45, 2.75) is 44.2 Å². The summed E-state index contributed by atoms with van der Waals surface area (Å²) >= 11 is 0. The van der Waals surface area contributed by atoms with E-state index in [2.05, 4.69) is 15.5 Å². The zero-order chi connectivity index (χ0) is 20.5. The van der Waals surface area contributed by atoms with Crippen molar-refractivity contribution in [3.05, 3.63) is 60.1 Å². The second-order valence-corrected chi connectivity index (χ2v) is 7.45. The van der Waals surface area contributed by atoms with Crippen molar-refractivity contribution < 1.29 is 19.1 Å². The summed E-state index contributed by atoms with van der Waals surface area (Å²) in [4.78, 5) is 25.9. The highest BCUT2D eigenvalue weighted by Crippen LogP contribution is 2.24. The normalized spacial score (nSPS) is 16.3. The van der Waals surface area contributed by atoms with Crippen LogP contribution in [-0.4, -0.2) is 47.7 Å². The van der Waals surface area contributed by atoms with Crippen LogP contribution in [-0.2, 0) is 11.2 Å². The maximum absolute atomic E-state index is 12.6. The van der Waals surface area contributed by atoms with Gasteiger partial charge in [-0.1, -0.05) is 30.3 Å². The van der Waals surface area contributed by atoms with Gasteiger partial charge in [-0.05, 0) is 56.5 Å². The molecule has 3 rings (SSSR count). The predicted octanol–water partition coefficient (Wildman–Crippen LogP) is 3.19. The molecule has 2 atom stereocenters. The van der Waals surface area contributed by atoms with Crippen molar-refractivity contribution in [2.75, 3.05) is 19.6 Å². The van der Waals surface area contributed by atoms with Gasteiger partial charge in [-0.25, -0.2) is 4.79 Å². The Balaban J connectivity index is 1.56. The standard InChI is InChI=1S/C22H29N3O4/c26-21(27)11-10-18(15-17-7-2-1-3-8-17)24-22(28)23-16-19(20-9-6-14-29-20)25-12-4-5-13-25/h1-3,6-9,14,18-19H,4-5,10-13,15-16H2,(H,26,27)(H2,23,24,28). The van der Waals surface area contributed by atoms with Crippen molar-refractivity contribution >= 4 is 12.0 Å². The minimum atomic E-state index is -0.864. The van der Waals surface area contributed by atoms with Gasteiger partial charge in [0.25, 0.3) is 0 Å². The van der Waals surface area contributed by atoms with Gasteiger partial charge in [0.05, 0.1) is 12.3 Å². The number of urea groups is 1. The number of likely N-dealkylation sites (tertiary alicyclic amines) is 1. The van der Waals surface area contributed by atoms with Gasteiger partial charge in [-0.2, -0.15) is 0 Å². The summed E-state index contributed by atoms with van der Waals surface area (Å²) in [6.45, 7) is 2.42. The van der Waals surface area contributed by atoms with Crippen molar-refractivity contribution in [1.29, 1.82) is 0 Å². The van der Waals surface area contributed by atoms with E-state index in [9.17, 15) is 9.59 Å². The van der Waals surface area contributed by atoms with E-state index >= 15 is 0 Å². The molecule has 29 heavy (non-hydrogen) atoms. The van der Waals surface area contributed by atoms with Gasteiger partial charge in [-0.3, -0.25) is 9.69 Å². The Kier molecular flexibility index (Phi) is 7.69. The monoisotopic (exact) mass is 399 g/mol. The molecule has 0 aliphatic carbocycles. The van der Waals surface area contributed by atoms with Crippen LogP contribution in [0.1, 0.15) is 43.0 Å². The first-order valence-electron chi connectivity index (χ1n) is 10.2. The Morgan fingerprint density at radius 3 is 2.52 bits per heavy atom. The van der Waals surface area contributed by atoms with Crippen molar-refractivity contribution in [3.8, 4) is 0 Å². The molecule has 2 amide bonds. The van der Waals surface area contributed by atoms with Gasteiger partial charge in [0, 0.05) is 19.0 Å². The molecule has 2 aromatic rings. The second kappa shape index (κ2) is 10.7. The average molecular weight is 399 g/mol. The summed E-state index contributed by atoms with van der Waals surface area (Å²) in [6, 6.07) is 13.0. The summed E-state index contributed by atoms with van der Waals surface area (Å²) in [5, 5.41) is 14.9. The minimum Gasteiger partial charge on any atom is -0.481 e. The lowest BCUT2D eigenvalue weighted by atomic mass is 10.0. The smallest absolute Gasteiger partial charge is 0.315 e. The third kappa shape index (κ3) is 6.64. The topological polar surface area (TPSA) is 94.8 Å². The Morgan fingerprint density at radius 2 is 1.86 bits per heavy atom. The number of aliphatic carboxylic acids is 1. The van der Waals surface area contributed by atoms with E-state index in [1.807, 2.05) is 42.5 Å². The van der Waals surface area contributed by atoms with E-state index in [0.717, 1.165) is 37.3 Å². The van der Waals surface area contributed by atoms with Crippen LogP contribution in [0.2, 0.25) is 0 Å². The van der Waals surface area contributed by atoms with Crippen LogP contribution >= 0.6 is 0 Å². The number of furan rings is 1. The molecule has 3 N–H and O–H groups in total. The first kappa shape index (κ1) is 20.9. The maximum Gasteiger partial charge on any atom is 0.315 e. The van der Waals surface area contributed by atoms with Crippen LogP contribution < -0.4 is 10.6 Å². The molecule has 7 nitrogen and oxygen atoms in total. The Morgan fingerprint density at radius 1 is 1.10 bits per heavy atom. The fraction of sp³-hybridized carbons (Fsp3) is 0.455. The van der Waals surface area contributed by atoms with Gasteiger partial charge >= 0.3 is 12.0 Å². The maximum atomic E-state index is 12.6. The molecule has 156 valence electrons. The van der Waals surface area contributed by atoms with Crippen LogP contribution in [0.5, 0.6) is 0 Å². The molecule has 7 heteroatoms. The Hall–Kier alpha value is -2.80. The van der Waals surface area contributed by atoms with Crippen LogP contribution in [0.3, 0.4) is 0 Å². The number of nitrogens with one attached hydrogen (secondary N) is 2. The second-order valence-electron chi connectivity index (χ2n) is 7.45. The zero-order valence-electron chi connectivity index (χ0n) is 16.5. The van der Waals surface area contributed by atoms with Gasteiger partial charge in [-0.15, -0.1) is 0 Å². The van der Waals surface area contributed by atoms with Crippen LogP contribution in [0.25, 0.3) is 0 Å². The lowest BCUT2D eigenvalue weighted by Crippen LogP contribution is -2.46. The van der Waals surface area contributed by atoms with Crippen LogP contribution in [0.15, 0.2) is 53.1 Å². The SMILES string of the molecule is O=C(O)CCC(Cc1ccccc1)NC(=O)NCC(c1ccco1)N1CCCC1. The fourth-order valence-corrected chi connectivity index (χ4v) is 3.79. The first-order valence-corrected chi connectivity index (χ1v) is 10.2. The Labute approximate surface area is 171 Å². The summed E-state index contributed by atoms with van der Waals surface area (Å²) < 4.78 is 5.59. The lowest BCUT2D eigenvalue weighted by Gasteiger charge is -2.26. The summed E-state index contributed by atoms with van der Waals surface area (Å²) in [6.07, 6.45) is 4.94. The predicted molar refractivity (Wildman–Crippen MR) is 110 cm³/mol. The van der Waals surface area contributed by atoms with Crippen LogP contribution in [0, 0.1) is 0 Å². The fourth-order valence-electron chi connectivity index (χ4n) is 3.79. The molecule has 0 spiro atoms. The first-order chi connectivity index (χ1) is 14.1. The third-order valence-electron chi connectivity index (χ3n) is 5.28. The summed E-state index contributed by atoms with van der Waals surface area (Å²) in [5.41, 5.74) is 1.06. The highest BCUT2D eigenvalue weighted by Gasteiger charge is 2.26.